The maximum absolute atomic E-state index is 8.63. The van der Waals surface area contributed by atoms with Gasteiger partial charge in [0.05, 0.1) is 6.07 Å². The van der Waals surface area contributed by atoms with Crippen LogP contribution in [0.2, 0.25) is 0 Å². The fourth-order valence-electron chi connectivity index (χ4n) is 2.40. The predicted octanol–water partition coefficient (Wildman–Crippen LogP) is 3.55. The first-order valence-electron chi connectivity index (χ1n) is 5.59. The van der Waals surface area contributed by atoms with Gasteiger partial charge in [0.1, 0.15) is 0 Å². The number of benzene rings is 1. The molecule has 0 atom stereocenters. The standard InChI is InChI=1S/C14H16N2/c1-9-7-10(2)14-11(3)12(5-4-6-15)16-13(14)8-9/h7-8,16H,4-5H2,1-3H3. The lowest BCUT2D eigenvalue weighted by Crippen LogP contribution is -1.86. The number of nitriles is 1. The lowest BCUT2D eigenvalue weighted by Gasteiger charge is -2.00. The molecule has 0 aliphatic heterocycles. The lowest BCUT2D eigenvalue weighted by atomic mass is 10.0. The number of hydrogen-bond acceptors (Lipinski definition) is 1. The highest BCUT2D eigenvalue weighted by molar-refractivity contribution is 5.88. The average molecular weight is 212 g/mol. The van der Waals surface area contributed by atoms with Crippen LogP contribution in [0, 0.1) is 32.1 Å². The minimum atomic E-state index is 0.575. The summed E-state index contributed by atoms with van der Waals surface area (Å²) >= 11 is 0. The first-order valence-corrected chi connectivity index (χ1v) is 5.59. The zero-order valence-corrected chi connectivity index (χ0v) is 10.0. The molecule has 1 aromatic heterocycles. The van der Waals surface area contributed by atoms with E-state index < -0.39 is 0 Å². The molecule has 0 saturated heterocycles. The van der Waals surface area contributed by atoms with E-state index in [2.05, 4.69) is 44.0 Å². The van der Waals surface area contributed by atoms with E-state index in [1.54, 1.807) is 0 Å². The van der Waals surface area contributed by atoms with Gasteiger partial charge in [-0.3, -0.25) is 0 Å². The summed E-state index contributed by atoms with van der Waals surface area (Å²) in [5, 5.41) is 9.95. The monoisotopic (exact) mass is 212 g/mol. The molecule has 82 valence electrons. The van der Waals surface area contributed by atoms with Crippen molar-refractivity contribution in [1.29, 1.82) is 5.26 Å². The van der Waals surface area contributed by atoms with Gasteiger partial charge < -0.3 is 4.98 Å². The molecule has 1 heterocycles. The van der Waals surface area contributed by atoms with Crippen LogP contribution >= 0.6 is 0 Å². The zero-order chi connectivity index (χ0) is 11.7. The van der Waals surface area contributed by atoms with Crippen LogP contribution in [0.25, 0.3) is 10.9 Å². The van der Waals surface area contributed by atoms with Crippen molar-refractivity contribution in [1.82, 2.24) is 4.98 Å². The van der Waals surface area contributed by atoms with E-state index >= 15 is 0 Å². The Morgan fingerprint density at radius 3 is 2.69 bits per heavy atom. The predicted molar refractivity (Wildman–Crippen MR) is 66.4 cm³/mol. The van der Waals surface area contributed by atoms with Crippen molar-refractivity contribution < 1.29 is 0 Å². The molecule has 0 bridgehead atoms. The van der Waals surface area contributed by atoms with Crippen LogP contribution in [0.3, 0.4) is 0 Å². The highest BCUT2D eigenvalue weighted by atomic mass is 14.7. The van der Waals surface area contributed by atoms with Crippen molar-refractivity contribution in [3.8, 4) is 6.07 Å². The molecule has 2 heteroatoms. The normalized spacial score (nSPS) is 10.6. The maximum Gasteiger partial charge on any atom is 0.0625 e. The van der Waals surface area contributed by atoms with Gasteiger partial charge in [0, 0.05) is 29.4 Å². The van der Waals surface area contributed by atoms with E-state index in [4.69, 9.17) is 5.26 Å². The maximum atomic E-state index is 8.63. The van der Waals surface area contributed by atoms with Crippen molar-refractivity contribution in [2.24, 2.45) is 0 Å². The molecule has 0 aliphatic carbocycles. The molecule has 2 nitrogen and oxygen atoms in total. The summed E-state index contributed by atoms with van der Waals surface area (Å²) in [7, 11) is 0. The SMILES string of the molecule is Cc1cc(C)c2c(C)c(CCC#N)[nH]c2c1. The Labute approximate surface area is 95.9 Å². The van der Waals surface area contributed by atoms with Gasteiger partial charge in [-0.25, -0.2) is 0 Å². The first kappa shape index (κ1) is 10.8. The Balaban J connectivity index is 2.60. The summed E-state index contributed by atoms with van der Waals surface area (Å²) in [6.07, 6.45) is 1.39. The molecule has 0 unspecified atom stereocenters. The number of fused-ring (bicyclic) bond motifs is 1. The second kappa shape index (κ2) is 4.02. The van der Waals surface area contributed by atoms with Crippen LogP contribution in [-0.4, -0.2) is 4.98 Å². The van der Waals surface area contributed by atoms with E-state index in [-0.39, 0.29) is 0 Å². The van der Waals surface area contributed by atoms with E-state index in [0.717, 1.165) is 6.42 Å². The van der Waals surface area contributed by atoms with Crippen LogP contribution in [0.5, 0.6) is 0 Å². The number of aromatic nitrogens is 1. The summed E-state index contributed by atoms with van der Waals surface area (Å²) in [6, 6.07) is 6.57. The van der Waals surface area contributed by atoms with Gasteiger partial charge in [-0.15, -0.1) is 0 Å². The topological polar surface area (TPSA) is 39.6 Å². The van der Waals surface area contributed by atoms with Gasteiger partial charge in [0.2, 0.25) is 0 Å². The molecule has 0 fully saturated rings. The van der Waals surface area contributed by atoms with Crippen LogP contribution in [-0.2, 0) is 6.42 Å². The minimum Gasteiger partial charge on any atom is -0.358 e. The molecule has 1 N–H and O–H groups in total. The highest BCUT2D eigenvalue weighted by Gasteiger charge is 2.09. The molecule has 1 aromatic carbocycles. The molecule has 0 saturated carbocycles. The summed E-state index contributed by atoms with van der Waals surface area (Å²) in [5.41, 5.74) is 6.28. The number of H-pyrrole nitrogens is 1. The molecule has 0 radical (unpaired) electrons. The molecule has 0 spiro atoms. The van der Waals surface area contributed by atoms with Crippen molar-refractivity contribution in [2.75, 3.05) is 0 Å². The van der Waals surface area contributed by atoms with Crippen molar-refractivity contribution >= 4 is 10.9 Å². The zero-order valence-electron chi connectivity index (χ0n) is 10.0. The highest BCUT2D eigenvalue weighted by Crippen LogP contribution is 2.26. The van der Waals surface area contributed by atoms with Crippen molar-refractivity contribution in [3.63, 3.8) is 0 Å². The molecule has 0 aliphatic rings. The minimum absolute atomic E-state index is 0.575. The number of aryl methyl sites for hydroxylation is 4. The van der Waals surface area contributed by atoms with E-state index in [1.807, 2.05) is 0 Å². The Kier molecular flexibility index (Phi) is 2.70. The smallest absolute Gasteiger partial charge is 0.0625 e. The van der Waals surface area contributed by atoms with Crippen LogP contribution in [0.1, 0.15) is 28.8 Å². The number of aromatic amines is 1. The molecule has 0 amide bonds. The van der Waals surface area contributed by atoms with Crippen LogP contribution in [0.15, 0.2) is 12.1 Å². The van der Waals surface area contributed by atoms with Gasteiger partial charge in [-0.1, -0.05) is 6.07 Å². The van der Waals surface area contributed by atoms with Crippen LogP contribution in [0.4, 0.5) is 0 Å². The summed E-state index contributed by atoms with van der Waals surface area (Å²) in [4.78, 5) is 3.43. The molecule has 16 heavy (non-hydrogen) atoms. The Morgan fingerprint density at radius 1 is 1.25 bits per heavy atom. The van der Waals surface area contributed by atoms with Gasteiger partial charge >= 0.3 is 0 Å². The van der Waals surface area contributed by atoms with Crippen LogP contribution < -0.4 is 0 Å². The molecular formula is C14H16N2. The van der Waals surface area contributed by atoms with Crippen molar-refractivity contribution in [2.45, 2.75) is 33.6 Å². The fraction of sp³-hybridized carbons (Fsp3) is 0.357. The third-order valence-corrected chi connectivity index (χ3v) is 3.08. The number of nitrogens with one attached hydrogen (secondary N) is 1. The summed E-state index contributed by atoms with van der Waals surface area (Å²) in [5.74, 6) is 0. The molecular weight excluding hydrogens is 196 g/mol. The Hall–Kier alpha value is -1.75. The number of rotatable bonds is 2. The first-order chi connectivity index (χ1) is 7.63. The second-order valence-electron chi connectivity index (χ2n) is 4.39. The quantitative estimate of drug-likeness (QED) is 0.812. The third-order valence-electron chi connectivity index (χ3n) is 3.08. The summed E-state index contributed by atoms with van der Waals surface area (Å²) < 4.78 is 0. The number of hydrogen-bond donors (Lipinski definition) is 1. The molecule has 2 rings (SSSR count). The van der Waals surface area contributed by atoms with Crippen molar-refractivity contribution in [3.05, 3.63) is 34.5 Å². The molecule has 2 aromatic rings. The van der Waals surface area contributed by atoms with E-state index in [9.17, 15) is 0 Å². The number of nitrogens with zero attached hydrogens (tertiary/aromatic N) is 1. The van der Waals surface area contributed by atoms with E-state index in [0.29, 0.717) is 6.42 Å². The summed E-state index contributed by atoms with van der Waals surface area (Å²) in [6.45, 7) is 6.38. The van der Waals surface area contributed by atoms with Gasteiger partial charge in [0.15, 0.2) is 0 Å². The Morgan fingerprint density at radius 2 is 2.00 bits per heavy atom. The fourth-order valence-corrected chi connectivity index (χ4v) is 2.40. The van der Waals surface area contributed by atoms with Gasteiger partial charge in [-0.2, -0.15) is 5.26 Å². The second-order valence-corrected chi connectivity index (χ2v) is 4.39. The lowest BCUT2D eigenvalue weighted by molar-refractivity contribution is 0.960. The van der Waals surface area contributed by atoms with E-state index in [1.165, 1.54) is 33.3 Å². The van der Waals surface area contributed by atoms with Gasteiger partial charge in [0.25, 0.3) is 0 Å². The largest absolute Gasteiger partial charge is 0.358 e. The average Bonchev–Trinajstić information content (AvgIpc) is 2.52. The Bertz CT molecular complexity index is 570. The van der Waals surface area contributed by atoms with Gasteiger partial charge in [-0.05, 0) is 43.5 Å². The third kappa shape index (κ3) is 1.69.